The van der Waals surface area contributed by atoms with E-state index >= 15 is 0 Å². The third-order valence-electron chi connectivity index (χ3n) is 3.22. The minimum atomic E-state index is 0.822. The molecule has 82 valence electrons. The largest absolute Gasteiger partial charge is 0.316 e. The molecule has 0 amide bonds. The zero-order valence-electron chi connectivity index (χ0n) is 9.44. The first-order valence-corrected chi connectivity index (χ1v) is 6.42. The van der Waals surface area contributed by atoms with E-state index in [1.54, 1.807) is 0 Å². The van der Waals surface area contributed by atoms with E-state index in [0.717, 1.165) is 5.92 Å². The average molecular weight is 268 g/mol. The lowest BCUT2D eigenvalue weighted by molar-refractivity contribution is 0.577. The summed E-state index contributed by atoms with van der Waals surface area (Å²) in [5.41, 5.74) is 4.26. The molecule has 1 heterocycles. The summed E-state index contributed by atoms with van der Waals surface area (Å²) < 4.78 is 1.28. The van der Waals surface area contributed by atoms with Crippen LogP contribution >= 0.6 is 15.9 Å². The normalized spacial score (nSPS) is 20.9. The molecule has 1 aliphatic heterocycles. The molecular formula is C13H18BrN. The molecule has 0 radical (unpaired) electrons. The van der Waals surface area contributed by atoms with Crippen LogP contribution in [-0.4, -0.2) is 13.1 Å². The van der Waals surface area contributed by atoms with Gasteiger partial charge in [-0.25, -0.2) is 0 Å². The van der Waals surface area contributed by atoms with Gasteiger partial charge in [-0.1, -0.05) is 22.0 Å². The Bertz CT molecular complexity index is 331. The van der Waals surface area contributed by atoms with Gasteiger partial charge in [0.25, 0.3) is 0 Å². The second kappa shape index (κ2) is 4.67. The summed E-state index contributed by atoms with van der Waals surface area (Å²) in [7, 11) is 0. The molecule has 1 unspecified atom stereocenters. The maximum Gasteiger partial charge on any atom is 0.0212 e. The predicted octanol–water partition coefficient (Wildman–Crippen LogP) is 3.22. The first-order valence-electron chi connectivity index (χ1n) is 5.63. The molecule has 1 saturated heterocycles. The van der Waals surface area contributed by atoms with E-state index in [4.69, 9.17) is 0 Å². The van der Waals surface area contributed by atoms with Crippen LogP contribution in [0.2, 0.25) is 0 Å². The molecule has 1 aliphatic rings. The van der Waals surface area contributed by atoms with Crippen LogP contribution in [0.15, 0.2) is 16.6 Å². The number of aryl methyl sites for hydroxylation is 2. The van der Waals surface area contributed by atoms with E-state index in [1.165, 1.54) is 47.1 Å². The molecule has 2 rings (SSSR count). The second-order valence-electron chi connectivity index (χ2n) is 4.61. The highest BCUT2D eigenvalue weighted by atomic mass is 79.9. The van der Waals surface area contributed by atoms with E-state index in [1.807, 2.05) is 0 Å². The zero-order chi connectivity index (χ0) is 10.8. The molecule has 1 N–H and O–H groups in total. The highest BCUT2D eigenvalue weighted by molar-refractivity contribution is 9.10. The molecule has 15 heavy (non-hydrogen) atoms. The van der Waals surface area contributed by atoms with Crippen molar-refractivity contribution in [3.63, 3.8) is 0 Å². The molecule has 2 heteroatoms. The fraction of sp³-hybridized carbons (Fsp3) is 0.538. The standard InChI is InChI=1S/C13H18BrN/c1-9-5-10(2)12(13(14)6-9)7-11-3-4-15-8-11/h5-6,11,15H,3-4,7-8H2,1-2H3. The zero-order valence-corrected chi connectivity index (χ0v) is 11.0. The number of hydrogen-bond donors (Lipinski definition) is 1. The van der Waals surface area contributed by atoms with Crippen molar-refractivity contribution in [1.82, 2.24) is 5.32 Å². The molecule has 1 fully saturated rings. The van der Waals surface area contributed by atoms with Crippen molar-refractivity contribution in [2.24, 2.45) is 5.92 Å². The van der Waals surface area contributed by atoms with Crippen molar-refractivity contribution < 1.29 is 0 Å². The van der Waals surface area contributed by atoms with Gasteiger partial charge >= 0.3 is 0 Å². The van der Waals surface area contributed by atoms with Crippen LogP contribution in [0.1, 0.15) is 23.1 Å². The van der Waals surface area contributed by atoms with Gasteiger partial charge in [0.05, 0.1) is 0 Å². The Kier molecular flexibility index (Phi) is 3.47. The lowest BCUT2D eigenvalue weighted by Crippen LogP contribution is -2.11. The van der Waals surface area contributed by atoms with E-state index < -0.39 is 0 Å². The Morgan fingerprint density at radius 3 is 2.80 bits per heavy atom. The summed E-state index contributed by atoms with van der Waals surface area (Å²) in [6.45, 7) is 6.74. The van der Waals surface area contributed by atoms with Crippen LogP contribution < -0.4 is 5.32 Å². The molecule has 1 nitrogen and oxygen atoms in total. The molecule has 1 atom stereocenters. The Labute approximate surface area is 100 Å². The van der Waals surface area contributed by atoms with Crippen molar-refractivity contribution in [2.45, 2.75) is 26.7 Å². The monoisotopic (exact) mass is 267 g/mol. The van der Waals surface area contributed by atoms with Gasteiger partial charge < -0.3 is 5.32 Å². The van der Waals surface area contributed by atoms with Gasteiger partial charge in [-0.05, 0) is 68.5 Å². The summed E-state index contributed by atoms with van der Waals surface area (Å²) in [6, 6.07) is 4.51. The van der Waals surface area contributed by atoms with Gasteiger partial charge in [-0.3, -0.25) is 0 Å². The summed E-state index contributed by atoms with van der Waals surface area (Å²) in [6.07, 6.45) is 2.53. The Hall–Kier alpha value is -0.340. The van der Waals surface area contributed by atoms with Gasteiger partial charge in [0.2, 0.25) is 0 Å². The highest BCUT2D eigenvalue weighted by Crippen LogP contribution is 2.26. The maximum absolute atomic E-state index is 3.68. The fourth-order valence-electron chi connectivity index (χ4n) is 2.38. The lowest BCUT2D eigenvalue weighted by Gasteiger charge is -2.13. The van der Waals surface area contributed by atoms with Crippen LogP contribution in [-0.2, 0) is 6.42 Å². The predicted molar refractivity (Wildman–Crippen MR) is 68.3 cm³/mol. The highest BCUT2D eigenvalue weighted by Gasteiger charge is 2.17. The molecule has 1 aromatic carbocycles. The number of nitrogens with one attached hydrogen (secondary N) is 1. The molecule has 0 bridgehead atoms. The minimum absolute atomic E-state index is 0.822. The lowest BCUT2D eigenvalue weighted by atomic mass is 9.94. The fourth-order valence-corrected chi connectivity index (χ4v) is 3.22. The van der Waals surface area contributed by atoms with E-state index in [0.29, 0.717) is 0 Å². The van der Waals surface area contributed by atoms with Gasteiger partial charge in [-0.2, -0.15) is 0 Å². The van der Waals surface area contributed by atoms with Crippen molar-refractivity contribution >= 4 is 15.9 Å². The molecule has 0 aliphatic carbocycles. The molecule has 1 aromatic rings. The van der Waals surface area contributed by atoms with Gasteiger partial charge in [-0.15, -0.1) is 0 Å². The summed E-state index contributed by atoms with van der Waals surface area (Å²) in [5, 5.41) is 3.43. The van der Waals surface area contributed by atoms with Gasteiger partial charge in [0, 0.05) is 4.47 Å². The number of rotatable bonds is 2. The number of benzene rings is 1. The van der Waals surface area contributed by atoms with Crippen molar-refractivity contribution in [2.75, 3.05) is 13.1 Å². The van der Waals surface area contributed by atoms with Crippen molar-refractivity contribution in [3.05, 3.63) is 33.3 Å². The molecule has 0 aromatic heterocycles. The number of halogens is 1. The third kappa shape index (κ3) is 2.61. The first kappa shape index (κ1) is 11.2. The number of hydrogen-bond acceptors (Lipinski definition) is 1. The molecular weight excluding hydrogens is 250 g/mol. The smallest absolute Gasteiger partial charge is 0.0212 e. The third-order valence-corrected chi connectivity index (χ3v) is 3.93. The molecule has 0 saturated carbocycles. The summed E-state index contributed by atoms with van der Waals surface area (Å²) in [5.74, 6) is 0.822. The summed E-state index contributed by atoms with van der Waals surface area (Å²) in [4.78, 5) is 0. The van der Waals surface area contributed by atoms with E-state index in [9.17, 15) is 0 Å². The van der Waals surface area contributed by atoms with Crippen molar-refractivity contribution in [1.29, 1.82) is 0 Å². The SMILES string of the molecule is Cc1cc(C)c(CC2CCNC2)c(Br)c1. The summed E-state index contributed by atoms with van der Waals surface area (Å²) >= 11 is 3.68. The van der Waals surface area contributed by atoms with Gasteiger partial charge in [0.15, 0.2) is 0 Å². The van der Waals surface area contributed by atoms with Crippen LogP contribution in [0.5, 0.6) is 0 Å². The van der Waals surface area contributed by atoms with Crippen LogP contribution in [0.4, 0.5) is 0 Å². The minimum Gasteiger partial charge on any atom is -0.316 e. The Morgan fingerprint density at radius 2 is 2.20 bits per heavy atom. The van der Waals surface area contributed by atoms with Crippen molar-refractivity contribution in [3.8, 4) is 0 Å². The van der Waals surface area contributed by atoms with E-state index in [-0.39, 0.29) is 0 Å². The maximum atomic E-state index is 3.68. The van der Waals surface area contributed by atoms with Crippen LogP contribution in [0.25, 0.3) is 0 Å². The average Bonchev–Trinajstić information content (AvgIpc) is 2.63. The van der Waals surface area contributed by atoms with E-state index in [2.05, 4.69) is 47.2 Å². The second-order valence-corrected chi connectivity index (χ2v) is 5.46. The molecule has 0 spiro atoms. The first-order chi connectivity index (χ1) is 7.16. The van der Waals surface area contributed by atoms with Gasteiger partial charge in [0.1, 0.15) is 0 Å². The van der Waals surface area contributed by atoms with Crippen LogP contribution in [0, 0.1) is 19.8 Å². The quantitative estimate of drug-likeness (QED) is 0.868. The topological polar surface area (TPSA) is 12.0 Å². The Morgan fingerprint density at radius 1 is 1.40 bits per heavy atom. The van der Waals surface area contributed by atoms with Crippen LogP contribution in [0.3, 0.4) is 0 Å². The Balaban J connectivity index is 2.19.